The minimum atomic E-state index is -0.188. The maximum Gasteiger partial charge on any atom is 0.250 e. The van der Waals surface area contributed by atoms with E-state index in [1.54, 1.807) is 6.20 Å². The molecule has 3 aromatic rings. The largest absolute Gasteiger partial charge is 0.298 e. The lowest BCUT2D eigenvalue weighted by atomic mass is 10.1. The van der Waals surface area contributed by atoms with Crippen molar-refractivity contribution in [3.63, 3.8) is 0 Å². The number of carbonyl (C=O) groups is 1. The molecule has 0 radical (unpaired) electrons. The number of hydrogen-bond acceptors (Lipinski definition) is 3. The van der Waals surface area contributed by atoms with E-state index in [1.807, 2.05) is 61.5 Å². The van der Waals surface area contributed by atoms with Gasteiger partial charge in [0.2, 0.25) is 5.91 Å². The molecule has 126 valence electrons. The molecule has 0 spiro atoms. The molecule has 0 unspecified atom stereocenters. The van der Waals surface area contributed by atoms with Crippen LogP contribution in [0.3, 0.4) is 0 Å². The first-order chi connectivity index (χ1) is 12.1. The third-order valence-corrected chi connectivity index (χ3v) is 4.80. The molecular formula is C20H17ClN2OS. The molecule has 0 atom stereocenters. The number of halogens is 1. The van der Waals surface area contributed by atoms with Gasteiger partial charge in [0, 0.05) is 28.6 Å². The fraction of sp³-hybridized carbons (Fsp3) is 0.100. The van der Waals surface area contributed by atoms with Crippen molar-refractivity contribution in [2.24, 2.45) is 0 Å². The highest BCUT2D eigenvalue weighted by atomic mass is 35.5. The Bertz CT molecular complexity index is 917. The quantitative estimate of drug-likeness (QED) is 0.617. The van der Waals surface area contributed by atoms with E-state index in [-0.39, 0.29) is 5.91 Å². The second kappa shape index (κ2) is 8.10. The van der Waals surface area contributed by atoms with E-state index in [0.717, 1.165) is 33.0 Å². The molecule has 3 rings (SSSR count). The lowest BCUT2D eigenvalue weighted by molar-refractivity contribution is -0.111. The van der Waals surface area contributed by atoms with Crippen molar-refractivity contribution in [1.29, 1.82) is 0 Å². The molecule has 0 aliphatic carbocycles. The highest BCUT2D eigenvalue weighted by molar-refractivity contribution is 7.15. The number of amides is 1. The average molecular weight is 369 g/mol. The first-order valence-corrected chi connectivity index (χ1v) is 9.03. The summed E-state index contributed by atoms with van der Waals surface area (Å²) in [5.41, 5.74) is 3.27. The van der Waals surface area contributed by atoms with Gasteiger partial charge >= 0.3 is 0 Å². The molecule has 0 saturated carbocycles. The number of carbonyl (C=O) groups excluding carboxylic acids is 1. The Kier molecular flexibility index (Phi) is 5.64. The number of benzene rings is 2. The molecule has 25 heavy (non-hydrogen) atoms. The topological polar surface area (TPSA) is 42.0 Å². The third-order valence-electron chi connectivity index (χ3n) is 3.65. The van der Waals surface area contributed by atoms with Crippen molar-refractivity contribution in [1.82, 2.24) is 4.98 Å². The summed E-state index contributed by atoms with van der Waals surface area (Å²) >= 11 is 7.47. The predicted molar refractivity (Wildman–Crippen MR) is 105 cm³/mol. The zero-order valence-corrected chi connectivity index (χ0v) is 15.3. The number of rotatable bonds is 5. The molecule has 0 saturated heterocycles. The van der Waals surface area contributed by atoms with Crippen molar-refractivity contribution < 1.29 is 4.79 Å². The number of anilines is 1. The summed E-state index contributed by atoms with van der Waals surface area (Å²) in [4.78, 5) is 17.4. The SMILES string of the molecule is Cc1ccccc1C=CC(=O)Nc1ncc(Cc2cccc(Cl)c2)s1. The van der Waals surface area contributed by atoms with Gasteiger partial charge in [0.05, 0.1) is 0 Å². The van der Waals surface area contributed by atoms with Crippen molar-refractivity contribution in [2.45, 2.75) is 13.3 Å². The fourth-order valence-corrected chi connectivity index (χ4v) is 3.44. The summed E-state index contributed by atoms with van der Waals surface area (Å²) in [5.74, 6) is -0.188. The number of nitrogens with zero attached hydrogens (tertiary/aromatic N) is 1. The van der Waals surface area contributed by atoms with E-state index < -0.39 is 0 Å². The van der Waals surface area contributed by atoms with E-state index in [9.17, 15) is 4.79 Å². The van der Waals surface area contributed by atoms with Gasteiger partial charge in [0.15, 0.2) is 5.13 Å². The maximum absolute atomic E-state index is 12.1. The molecule has 3 nitrogen and oxygen atoms in total. The smallest absolute Gasteiger partial charge is 0.250 e. The van der Waals surface area contributed by atoms with Crippen LogP contribution in [0, 0.1) is 6.92 Å². The van der Waals surface area contributed by atoms with Crippen molar-refractivity contribution >= 4 is 40.1 Å². The first-order valence-electron chi connectivity index (χ1n) is 7.84. The summed E-state index contributed by atoms with van der Waals surface area (Å²) in [6, 6.07) is 15.7. The van der Waals surface area contributed by atoms with Gasteiger partial charge in [-0.2, -0.15) is 0 Å². The van der Waals surface area contributed by atoms with Gasteiger partial charge in [0.25, 0.3) is 0 Å². The second-order valence-electron chi connectivity index (χ2n) is 5.62. The van der Waals surface area contributed by atoms with Crippen LogP contribution >= 0.6 is 22.9 Å². The van der Waals surface area contributed by atoms with Gasteiger partial charge in [-0.05, 0) is 41.8 Å². The van der Waals surface area contributed by atoms with Gasteiger partial charge in [-0.25, -0.2) is 4.98 Å². The lowest BCUT2D eigenvalue weighted by Crippen LogP contribution is -2.07. The number of thiazole rings is 1. The van der Waals surface area contributed by atoms with Crippen LogP contribution in [0.4, 0.5) is 5.13 Å². The summed E-state index contributed by atoms with van der Waals surface area (Å²) in [7, 11) is 0. The van der Waals surface area contributed by atoms with Gasteiger partial charge in [0.1, 0.15) is 0 Å². The zero-order chi connectivity index (χ0) is 17.6. The molecule has 0 bridgehead atoms. The molecule has 1 N–H and O–H groups in total. The van der Waals surface area contributed by atoms with Crippen molar-refractivity contribution in [3.8, 4) is 0 Å². The minimum Gasteiger partial charge on any atom is -0.298 e. The highest BCUT2D eigenvalue weighted by Gasteiger charge is 2.06. The van der Waals surface area contributed by atoms with E-state index in [0.29, 0.717) is 5.13 Å². The van der Waals surface area contributed by atoms with Gasteiger partial charge in [-0.15, -0.1) is 11.3 Å². The normalized spacial score (nSPS) is 11.0. The summed E-state index contributed by atoms with van der Waals surface area (Å²) < 4.78 is 0. The Balaban J connectivity index is 1.61. The van der Waals surface area contributed by atoms with Crippen LogP contribution in [0.2, 0.25) is 5.02 Å². The predicted octanol–water partition coefficient (Wildman–Crippen LogP) is 5.35. The van der Waals surface area contributed by atoms with E-state index in [1.165, 1.54) is 17.4 Å². The number of nitrogens with one attached hydrogen (secondary N) is 1. The molecule has 1 aromatic heterocycles. The second-order valence-corrected chi connectivity index (χ2v) is 7.17. The molecule has 5 heteroatoms. The van der Waals surface area contributed by atoms with Crippen LogP contribution in [0.1, 0.15) is 21.6 Å². The third kappa shape index (κ3) is 5.02. The number of aromatic nitrogens is 1. The monoisotopic (exact) mass is 368 g/mol. The van der Waals surface area contributed by atoms with Crippen LogP contribution < -0.4 is 5.32 Å². The zero-order valence-electron chi connectivity index (χ0n) is 13.7. The Labute approximate surface area is 156 Å². The Morgan fingerprint density at radius 3 is 2.88 bits per heavy atom. The summed E-state index contributed by atoms with van der Waals surface area (Å²) in [5, 5.41) is 4.12. The van der Waals surface area contributed by atoms with Gasteiger partial charge in [-0.3, -0.25) is 10.1 Å². The van der Waals surface area contributed by atoms with E-state index >= 15 is 0 Å². The summed E-state index contributed by atoms with van der Waals surface area (Å²) in [6.07, 6.45) is 5.87. The van der Waals surface area contributed by atoms with Crippen LogP contribution in [0.15, 0.2) is 60.8 Å². The Hall–Kier alpha value is -2.43. The van der Waals surface area contributed by atoms with Crippen LogP contribution in [0.5, 0.6) is 0 Å². The Morgan fingerprint density at radius 2 is 2.08 bits per heavy atom. The molecule has 2 aromatic carbocycles. The van der Waals surface area contributed by atoms with Gasteiger partial charge in [-0.1, -0.05) is 48.0 Å². The standard InChI is InChI=1S/C20H17ClN2OS/c1-14-5-2-3-7-16(14)9-10-19(24)23-20-22-13-18(25-20)12-15-6-4-8-17(21)11-15/h2-11,13H,12H2,1H3,(H,22,23,24). The summed E-state index contributed by atoms with van der Waals surface area (Å²) in [6.45, 7) is 2.01. The van der Waals surface area contributed by atoms with Crippen molar-refractivity contribution in [3.05, 3.63) is 87.4 Å². The minimum absolute atomic E-state index is 0.188. The molecule has 1 amide bonds. The van der Waals surface area contributed by atoms with Gasteiger partial charge < -0.3 is 0 Å². The van der Waals surface area contributed by atoms with Crippen LogP contribution in [-0.4, -0.2) is 10.9 Å². The van der Waals surface area contributed by atoms with Crippen LogP contribution in [-0.2, 0) is 11.2 Å². The van der Waals surface area contributed by atoms with E-state index in [4.69, 9.17) is 11.6 Å². The van der Waals surface area contributed by atoms with E-state index in [2.05, 4.69) is 10.3 Å². The number of aryl methyl sites for hydroxylation is 1. The van der Waals surface area contributed by atoms with Crippen LogP contribution in [0.25, 0.3) is 6.08 Å². The lowest BCUT2D eigenvalue weighted by Gasteiger charge is -1.99. The Morgan fingerprint density at radius 1 is 1.24 bits per heavy atom. The molecule has 0 aliphatic heterocycles. The first kappa shape index (κ1) is 17.4. The molecular weight excluding hydrogens is 352 g/mol. The highest BCUT2D eigenvalue weighted by Crippen LogP contribution is 2.22. The number of hydrogen-bond donors (Lipinski definition) is 1. The average Bonchev–Trinajstić information content (AvgIpc) is 3.01. The fourth-order valence-electron chi connectivity index (χ4n) is 2.38. The molecule has 1 heterocycles. The molecule has 0 fully saturated rings. The maximum atomic E-state index is 12.1. The van der Waals surface area contributed by atoms with Crippen molar-refractivity contribution in [2.75, 3.05) is 5.32 Å². The molecule has 0 aliphatic rings.